The summed E-state index contributed by atoms with van der Waals surface area (Å²) in [5.41, 5.74) is 5.36. The maximum atomic E-state index is 11.0. The molecule has 0 saturated heterocycles. The molecule has 0 aromatic carbocycles. The van der Waals surface area contributed by atoms with Crippen molar-refractivity contribution >= 4 is 18.4 Å². The average Bonchev–Trinajstić information content (AvgIpc) is 1.84. The first-order chi connectivity index (χ1) is 5.20. The molecule has 0 heterocycles. The molecule has 0 aromatic rings. The Bertz CT molecular complexity index is 173. The zero-order valence-electron chi connectivity index (χ0n) is 9.01. The number of methoxy groups -OCH3 is 1. The van der Waals surface area contributed by atoms with Crippen LogP contribution in [0.4, 0.5) is 0 Å². The van der Waals surface area contributed by atoms with Crippen molar-refractivity contribution < 1.29 is 9.53 Å². The van der Waals surface area contributed by atoms with Gasteiger partial charge in [0.1, 0.15) is 0 Å². The summed E-state index contributed by atoms with van der Waals surface area (Å²) in [5.74, 6) is -0.255. The van der Waals surface area contributed by atoms with Gasteiger partial charge in [0.15, 0.2) is 0 Å². The van der Waals surface area contributed by atoms with Gasteiger partial charge < -0.3 is 10.5 Å². The lowest BCUT2D eigenvalue weighted by Gasteiger charge is -2.37. The van der Waals surface area contributed by atoms with Gasteiger partial charge in [0.05, 0.1) is 13.5 Å². The number of nitrogens with two attached hydrogens (primary N) is 1. The summed E-state index contributed by atoms with van der Waals surface area (Å²) in [5, 5.41) is 0. The lowest BCUT2D eigenvalue weighted by atomic mass is 9.74. The highest BCUT2D eigenvalue weighted by atomic mass is 35.5. The Labute approximate surface area is 86.4 Å². The summed E-state index contributed by atoms with van der Waals surface area (Å²) in [6.07, 6.45) is 0.257. The number of esters is 1. The maximum Gasteiger partial charge on any atom is 0.307 e. The summed E-state index contributed by atoms with van der Waals surface area (Å²) in [6, 6.07) is 0. The monoisotopic (exact) mass is 209 g/mol. The predicted octanol–water partition coefficient (Wildman–Crippen LogP) is 1.73. The van der Waals surface area contributed by atoms with Crippen molar-refractivity contribution in [2.75, 3.05) is 7.11 Å². The van der Waals surface area contributed by atoms with Gasteiger partial charge in [-0.05, 0) is 12.3 Å². The molecule has 3 nitrogen and oxygen atoms in total. The van der Waals surface area contributed by atoms with Crippen LogP contribution in [0.2, 0.25) is 0 Å². The van der Waals surface area contributed by atoms with E-state index in [-0.39, 0.29) is 30.2 Å². The third-order valence-corrected chi connectivity index (χ3v) is 2.45. The molecule has 0 amide bonds. The molecular weight excluding hydrogens is 190 g/mol. The van der Waals surface area contributed by atoms with Crippen molar-refractivity contribution in [1.82, 2.24) is 0 Å². The van der Waals surface area contributed by atoms with Gasteiger partial charge in [0.25, 0.3) is 0 Å². The number of hydrogen-bond donors (Lipinski definition) is 1. The Kier molecular flexibility index (Phi) is 5.63. The highest BCUT2D eigenvalue weighted by molar-refractivity contribution is 5.85. The molecule has 4 heteroatoms. The number of carbonyl (C=O) groups is 1. The summed E-state index contributed by atoms with van der Waals surface area (Å²) < 4.78 is 4.56. The fourth-order valence-corrected chi connectivity index (χ4v) is 0.637. The largest absolute Gasteiger partial charge is 0.469 e. The van der Waals surface area contributed by atoms with Gasteiger partial charge in [0.2, 0.25) is 0 Å². The molecule has 1 atom stereocenters. The molecule has 0 bridgehead atoms. The minimum absolute atomic E-state index is 0. The van der Waals surface area contributed by atoms with Crippen LogP contribution in [0.3, 0.4) is 0 Å². The van der Waals surface area contributed by atoms with E-state index in [4.69, 9.17) is 5.73 Å². The molecule has 0 aliphatic carbocycles. The molecule has 0 aliphatic heterocycles. The molecule has 0 radical (unpaired) electrons. The Balaban J connectivity index is 0. The molecule has 1 unspecified atom stereocenters. The second-order valence-electron chi connectivity index (χ2n) is 4.42. The lowest BCUT2D eigenvalue weighted by molar-refractivity contribution is -0.142. The minimum Gasteiger partial charge on any atom is -0.469 e. The van der Waals surface area contributed by atoms with Crippen LogP contribution in [0, 0.1) is 5.41 Å². The number of halogens is 1. The van der Waals surface area contributed by atoms with Crippen LogP contribution < -0.4 is 5.73 Å². The highest BCUT2D eigenvalue weighted by Crippen LogP contribution is 2.30. The Hall–Kier alpha value is -0.280. The van der Waals surface area contributed by atoms with Crippen molar-refractivity contribution in [1.29, 1.82) is 0 Å². The normalized spacial score (nSPS) is 15.5. The molecule has 2 N–H and O–H groups in total. The van der Waals surface area contributed by atoms with Crippen LogP contribution in [0.25, 0.3) is 0 Å². The van der Waals surface area contributed by atoms with Crippen molar-refractivity contribution in [2.45, 2.75) is 39.7 Å². The summed E-state index contributed by atoms with van der Waals surface area (Å²) in [4.78, 5) is 11.0. The van der Waals surface area contributed by atoms with E-state index >= 15 is 0 Å². The van der Waals surface area contributed by atoms with Crippen molar-refractivity contribution in [2.24, 2.45) is 11.1 Å². The molecule has 0 spiro atoms. The van der Waals surface area contributed by atoms with Crippen LogP contribution in [-0.4, -0.2) is 18.6 Å². The number of rotatable bonds is 2. The van der Waals surface area contributed by atoms with E-state index in [9.17, 15) is 4.79 Å². The molecular formula is C9H20ClNO2. The zero-order valence-corrected chi connectivity index (χ0v) is 9.83. The predicted molar refractivity (Wildman–Crippen MR) is 55.9 cm³/mol. The smallest absolute Gasteiger partial charge is 0.307 e. The number of hydrogen-bond acceptors (Lipinski definition) is 3. The van der Waals surface area contributed by atoms with Crippen LogP contribution >= 0.6 is 12.4 Å². The second kappa shape index (κ2) is 4.82. The Morgan fingerprint density at radius 2 is 1.69 bits per heavy atom. The van der Waals surface area contributed by atoms with Gasteiger partial charge in [-0.2, -0.15) is 0 Å². The maximum absolute atomic E-state index is 11.0. The fourth-order valence-electron chi connectivity index (χ4n) is 0.637. The molecule has 0 saturated carbocycles. The third-order valence-electron chi connectivity index (χ3n) is 2.45. The second-order valence-corrected chi connectivity index (χ2v) is 4.42. The van der Waals surface area contributed by atoms with Crippen LogP contribution in [0.5, 0.6) is 0 Å². The van der Waals surface area contributed by atoms with E-state index in [0.29, 0.717) is 0 Å². The van der Waals surface area contributed by atoms with E-state index < -0.39 is 5.54 Å². The van der Waals surface area contributed by atoms with E-state index in [1.165, 1.54) is 7.11 Å². The fraction of sp³-hybridized carbons (Fsp3) is 0.889. The van der Waals surface area contributed by atoms with E-state index in [1.54, 1.807) is 0 Å². The summed E-state index contributed by atoms with van der Waals surface area (Å²) in [6.45, 7) is 7.89. The highest BCUT2D eigenvalue weighted by Gasteiger charge is 2.35. The van der Waals surface area contributed by atoms with Crippen molar-refractivity contribution in [3.05, 3.63) is 0 Å². The molecule has 0 fully saturated rings. The Morgan fingerprint density at radius 3 is 1.92 bits per heavy atom. The lowest BCUT2D eigenvalue weighted by Crippen LogP contribution is -2.50. The molecule has 0 aliphatic rings. The van der Waals surface area contributed by atoms with Crippen molar-refractivity contribution in [3.8, 4) is 0 Å². The van der Waals surface area contributed by atoms with Gasteiger partial charge in [0, 0.05) is 5.54 Å². The summed E-state index contributed by atoms with van der Waals surface area (Å²) in [7, 11) is 1.38. The number of ether oxygens (including phenoxy) is 1. The van der Waals surface area contributed by atoms with Gasteiger partial charge in [-0.15, -0.1) is 12.4 Å². The Morgan fingerprint density at radius 1 is 1.31 bits per heavy atom. The van der Waals surface area contributed by atoms with E-state index in [1.807, 2.05) is 27.7 Å². The standard InChI is InChI=1S/C9H19NO2.ClH/c1-8(2,3)9(4,10)6-7(11)12-5;/h6,10H2,1-5H3;1H. The van der Waals surface area contributed by atoms with Gasteiger partial charge in [-0.25, -0.2) is 0 Å². The first-order valence-corrected chi connectivity index (χ1v) is 4.06. The molecule has 0 rings (SSSR count). The zero-order chi connectivity index (χ0) is 9.99. The summed E-state index contributed by atoms with van der Waals surface area (Å²) >= 11 is 0. The third kappa shape index (κ3) is 4.48. The van der Waals surface area contributed by atoms with E-state index in [0.717, 1.165) is 0 Å². The molecule has 0 aromatic heterocycles. The minimum atomic E-state index is -0.514. The van der Waals surface area contributed by atoms with Crippen molar-refractivity contribution in [3.63, 3.8) is 0 Å². The topological polar surface area (TPSA) is 52.3 Å². The molecule has 80 valence electrons. The first-order valence-electron chi connectivity index (χ1n) is 4.06. The van der Waals surface area contributed by atoms with Crippen LogP contribution in [0.15, 0.2) is 0 Å². The number of carbonyl (C=O) groups excluding carboxylic acids is 1. The van der Waals surface area contributed by atoms with Crippen LogP contribution in [-0.2, 0) is 9.53 Å². The average molecular weight is 210 g/mol. The molecule has 13 heavy (non-hydrogen) atoms. The van der Waals surface area contributed by atoms with Crippen LogP contribution in [0.1, 0.15) is 34.1 Å². The van der Waals surface area contributed by atoms with E-state index in [2.05, 4.69) is 4.74 Å². The first kappa shape index (κ1) is 15.2. The van der Waals surface area contributed by atoms with Gasteiger partial charge >= 0.3 is 5.97 Å². The van der Waals surface area contributed by atoms with Gasteiger partial charge in [-0.1, -0.05) is 20.8 Å². The van der Waals surface area contributed by atoms with Gasteiger partial charge in [-0.3, -0.25) is 4.79 Å². The quantitative estimate of drug-likeness (QED) is 0.705. The SMILES string of the molecule is COC(=O)CC(C)(N)C(C)(C)C.Cl.